The minimum absolute atomic E-state index is 0. The van der Waals surface area contributed by atoms with E-state index in [0.717, 1.165) is 12.1 Å². The first kappa shape index (κ1) is 15.0. The molecule has 0 saturated carbocycles. The van der Waals surface area contributed by atoms with E-state index in [1.54, 1.807) is 0 Å². The summed E-state index contributed by atoms with van der Waals surface area (Å²) in [5.74, 6) is -3.07. The lowest BCUT2D eigenvalue weighted by Crippen LogP contribution is -2.29. The predicted molar refractivity (Wildman–Crippen MR) is 53.3 cm³/mol. The third-order valence-corrected chi connectivity index (χ3v) is 1.74. The molecule has 0 saturated heterocycles. The molecule has 1 N–H and O–H groups in total. The average molecular weight is 278 g/mol. The molecular formula is C8H5Cl2F4NO. The molecule has 1 aromatic rings. The Labute approximate surface area is 99.0 Å². The molecule has 0 atom stereocenters. The first-order valence-electron chi connectivity index (χ1n) is 3.64. The Bertz CT molecular complexity index is 394. The number of anilines is 1. The van der Waals surface area contributed by atoms with Gasteiger partial charge in [-0.3, -0.25) is 4.79 Å². The summed E-state index contributed by atoms with van der Waals surface area (Å²) in [7, 11) is 0. The quantitative estimate of drug-likeness (QED) is 0.784. The number of alkyl halides is 3. The van der Waals surface area contributed by atoms with E-state index >= 15 is 0 Å². The number of carbonyl (C=O) groups is 1. The van der Waals surface area contributed by atoms with E-state index in [0.29, 0.717) is 6.07 Å². The molecule has 0 aliphatic carbocycles. The fourth-order valence-electron chi connectivity index (χ4n) is 0.776. The van der Waals surface area contributed by atoms with Crippen LogP contribution in [0, 0.1) is 5.82 Å². The van der Waals surface area contributed by atoms with E-state index in [2.05, 4.69) is 0 Å². The summed E-state index contributed by atoms with van der Waals surface area (Å²) in [5.41, 5.74) is -0.306. The van der Waals surface area contributed by atoms with Crippen molar-refractivity contribution in [2.75, 3.05) is 5.32 Å². The van der Waals surface area contributed by atoms with Crippen molar-refractivity contribution in [3.8, 4) is 0 Å². The van der Waals surface area contributed by atoms with Crippen LogP contribution < -0.4 is 5.32 Å². The van der Waals surface area contributed by atoms with Crippen molar-refractivity contribution in [2.45, 2.75) is 6.18 Å². The van der Waals surface area contributed by atoms with Gasteiger partial charge >= 0.3 is 12.1 Å². The van der Waals surface area contributed by atoms with Crippen LogP contribution in [0.1, 0.15) is 0 Å². The van der Waals surface area contributed by atoms with E-state index in [-0.39, 0.29) is 23.1 Å². The second-order valence-electron chi connectivity index (χ2n) is 2.58. The Hall–Kier alpha value is -1.01. The minimum Gasteiger partial charge on any atom is -0.318 e. The van der Waals surface area contributed by atoms with E-state index < -0.39 is 17.9 Å². The fraction of sp³-hybridized carbons (Fsp3) is 0.125. The monoisotopic (exact) mass is 277 g/mol. The van der Waals surface area contributed by atoms with Gasteiger partial charge in [-0.2, -0.15) is 13.2 Å². The van der Waals surface area contributed by atoms with Crippen molar-refractivity contribution >= 4 is 35.6 Å². The van der Waals surface area contributed by atoms with E-state index in [4.69, 9.17) is 11.6 Å². The first-order chi connectivity index (χ1) is 6.80. The molecule has 0 heterocycles. The number of halogens is 6. The summed E-state index contributed by atoms with van der Waals surface area (Å²) in [4.78, 5) is 10.4. The minimum atomic E-state index is -5.00. The molecule has 2 nitrogen and oxygen atoms in total. The number of carbonyl (C=O) groups excluding carboxylic acids is 1. The zero-order chi connectivity index (χ0) is 11.6. The molecule has 0 aromatic heterocycles. The van der Waals surface area contributed by atoms with Gasteiger partial charge in [0.1, 0.15) is 5.82 Å². The molecule has 0 spiro atoms. The number of hydrogen-bond acceptors (Lipinski definition) is 1. The average Bonchev–Trinajstić information content (AvgIpc) is 2.10. The standard InChI is InChI=1S/C8H4ClF4NO.ClH/c9-5-2-1-4(3-6(5)10)14-7(15)8(11,12)13;/h1-3H,(H,14,15);1H. The van der Waals surface area contributed by atoms with Gasteiger partial charge in [-0.15, -0.1) is 12.4 Å². The molecule has 16 heavy (non-hydrogen) atoms. The second kappa shape index (κ2) is 5.36. The van der Waals surface area contributed by atoms with Gasteiger partial charge in [-0.05, 0) is 18.2 Å². The SMILES string of the molecule is Cl.O=C(Nc1ccc(Cl)c(F)c1)C(F)(F)F. The molecule has 0 unspecified atom stereocenters. The lowest BCUT2D eigenvalue weighted by molar-refractivity contribution is -0.167. The Morgan fingerprint density at radius 1 is 1.31 bits per heavy atom. The van der Waals surface area contributed by atoms with Crippen LogP contribution in [0.3, 0.4) is 0 Å². The lowest BCUT2D eigenvalue weighted by Gasteiger charge is -2.07. The molecular weight excluding hydrogens is 273 g/mol. The van der Waals surface area contributed by atoms with E-state index in [9.17, 15) is 22.4 Å². The van der Waals surface area contributed by atoms with Gasteiger partial charge in [-0.25, -0.2) is 4.39 Å². The predicted octanol–water partition coefficient (Wildman–Crippen LogP) is 3.40. The Kier molecular flexibility index (Phi) is 5.02. The van der Waals surface area contributed by atoms with Gasteiger partial charge in [-0.1, -0.05) is 11.6 Å². The number of rotatable bonds is 1. The lowest BCUT2D eigenvalue weighted by atomic mass is 10.3. The maximum absolute atomic E-state index is 12.8. The van der Waals surface area contributed by atoms with E-state index in [1.807, 2.05) is 0 Å². The van der Waals surface area contributed by atoms with Crippen LogP contribution in [0.25, 0.3) is 0 Å². The molecule has 0 bridgehead atoms. The molecule has 1 rings (SSSR count). The molecule has 1 amide bonds. The molecule has 0 aliphatic heterocycles. The van der Waals surface area contributed by atoms with Crippen molar-refractivity contribution in [2.24, 2.45) is 0 Å². The molecule has 1 aromatic carbocycles. The topological polar surface area (TPSA) is 29.1 Å². The smallest absolute Gasteiger partial charge is 0.318 e. The summed E-state index contributed by atoms with van der Waals surface area (Å²) in [6, 6.07) is 2.81. The molecule has 0 aliphatic rings. The van der Waals surface area contributed by atoms with Gasteiger partial charge in [0.2, 0.25) is 0 Å². The van der Waals surface area contributed by atoms with Gasteiger partial charge in [0.15, 0.2) is 0 Å². The zero-order valence-corrected chi connectivity index (χ0v) is 9.01. The highest BCUT2D eigenvalue weighted by molar-refractivity contribution is 6.30. The largest absolute Gasteiger partial charge is 0.471 e. The zero-order valence-electron chi connectivity index (χ0n) is 7.44. The molecule has 8 heteroatoms. The summed E-state index contributed by atoms with van der Waals surface area (Å²) in [5, 5.41) is 1.25. The summed E-state index contributed by atoms with van der Waals surface area (Å²) in [6.07, 6.45) is -5.00. The van der Waals surface area contributed by atoms with Gasteiger partial charge in [0, 0.05) is 5.69 Å². The van der Waals surface area contributed by atoms with Gasteiger partial charge in [0.05, 0.1) is 5.02 Å². The van der Waals surface area contributed by atoms with Crippen molar-refractivity contribution in [3.05, 3.63) is 29.0 Å². The Morgan fingerprint density at radius 3 is 2.31 bits per heavy atom. The fourth-order valence-corrected chi connectivity index (χ4v) is 0.893. The second-order valence-corrected chi connectivity index (χ2v) is 2.99. The Balaban J connectivity index is 0.00000225. The highest BCUT2D eigenvalue weighted by Gasteiger charge is 2.38. The van der Waals surface area contributed by atoms with Crippen LogP contribution in [0.15, 0.2) is 18.2 Å². The molecule has 0 fully saturated rings. The van der Waals surface area contributed by atoms with Crippen LogP contribution in [-0.4, -0.2) is 12.1 Å². The van der Waals surface area contributed by atoms with Crippen LogP contribution in [0.4, 0.5) is 23.2 Å². The van der Waals surface area contributed by atoms with Crippen molar-refractivity contribution < 1.29 is 22.4 Å². The summed E-state index contributed by atoms with van der Waals surface area (Å²) in [6.45, 7) is 0. The number of hydrogen-bond donors (Lipinski definition) is 1. The number of amides is 1. The maximum atomic E-state index is 12.8. The third-order valence-electron chi connectivity index (χ3n) is 1.43. The molecule has 90 valence electrons. The van der Waals surface area contributed by atoms with Crippen molar-refractivity contribution in [3.63, 3.8) is 0 Å². The van der Waals surface area contributed by atoms with Gasteiger partial charge < -0.3 is 5.32 Å². The van der Waals surface area contributed by atoms with Gasteiger partial charge in [0.25, 0.3) is 0 Å². The number of benzene rings is 1. The van der Waals surface area contributed by atoms with Crippen molar-refractivity contribution in [1.29, 1.82) is 0 Å². The van der Waals surface area contributed by atoms with Crippen LogP contribution in [0.2, 0.25) is 5.02 Å². The maximum Gasteiger partial charge on any atom is 0.471 e. The highest BCUT2D eigenvalue weighted by Crippen LogP contribution is 2.21. The van der Waals surface area contributed by atoms with Crippen LogP contribution in [0.5, 0.6) is 0 Å². The summed E-state index contributed by atoms with van der Waals surface area (Å²) < 4.78 is 48.1. The Morgan fingerprint density at radius 2 is 1.88 bits per heavy atom. The normalized spacial score (nSPS) is 10.6. The van der Waals surface area contributed by atoms with E-state index in [1.165, 1.54) is 5.32 Å². The van der Waals surface area contributed by atoms with Crippen LogP contribution >= 0.6 is 24.0 Å². The third kappa shape index (κ3) is 3.86. The van der Waals surface area contributed by atoms with Crippen molar-refractivity contribution in [1.82, 2.24) is 0 Å². The number of nitrogens with one attached hydrogen (secondary N) is 1. The first-order valence-corrected chi connectivity index (χ1v) is 4.02. The van der Waals surface area contributed by atoms with Crippen LogP contribution in [-0.2, 0) is 4.79 Å². The highest BCUT2D eigenvalue weighted by atomic mass is 35.5. The summed E-state index contributed by atoms with van der Waals surface area (Å²) >= 11 is 5.30. The molecule has 0 radical (unpaired) electrons.